The third-order valence-electron chi connectivity index (χ3n) is 3.91. The molecule has 0 saturated carbocycles. The number of ether oxygens (including phenoxy) is 1. The van der Waals surface area contributed by atoms with Crippen LogP contribution in [0.3, 0.4) is 0 Å². The summed E-state index contributed by atoms with van der Waals surface area (Å²) in [4.78, 5) is 16.2. The fraction of sp³-hybridized carbons (Fsp3) is 0.200. The largest absolute Gasteiger partial charge is 0.481 e. The highest BCUT2D eigenvalue weighted by Gasteiger charge is 2.14. The Hall–Kier alpha value is -3.08. The number of amides is 1. The van der Waals surface area contributed by atoms with Crippen molar-refractivity contribution in [2.24, 2.45) is 0 Å². The molecule has 1 aromatic heterocycles. The molecule has 0 bridgehead atoms. The molecule has 128 valence electrons. The summed E-state index contributed by atoms with van der Waals surface area (Å²) in [6, 6.07) is 15.6. The van der Waals surface area contributed by atoms with Crippen LogP contribution in [0.15, 0.2) is 67.3 Å². The van der Waals surface area contributed by atoms with Gasteiger partial charge in [0.1, 0.15) is 5.75 Å². The lowest BCUT2D eigenvalue weighted by molar-refractivity contribution is -0.127. The molecule has 1 N–H and O–H groups in total. The Labute approximate surface area is 147 Å². The van der Waals surface area contributed by atoms with E-state index in [0.717, 1.165) is 16.8 Å². The Morgan fingerprint density at radius 2 is 1.88 bits per heavy atom. The molecule has 5 heteroatoms. The summed E-state index contributed by atoms with van der Waals surface area (Å²) in [6.45, 7) is 4.22. The van der Waals surface area contributed by atoms with Gasteiger partial charge < -0.3 is 14.6 Å². The summed E-state index contributed by atoms with van der Waals surface area (Å²) in [5.74, 6) is 0.553. The standard InChI is InChI=1S/C20H21N3O2/c1-15-3-9-19(10-4-15)25-16(2)20(24)22-13-17-5-7-18(8-6-17)23-12-11-21-14-23/h3-12,14,16H,13H2,1-2H3,(H,22,24). The van der Waals surface area contributed by atoms with Crippen LogP contribution in [0.1, 0.15) is 18.1 Å². The Kier molecular flexibility index (Phi) is 5.14. The van der Waals surface area contributed by atoms with Crippen molar-refractivity contribution in [3.05, 3.63) is 78.4 Å². The normalized spacial score (nSPS) is 11.8. The Balaban J connectivity index is 1.52. The third-order valence-corrected chi connectivity index (χ3v) is 3.91. The van der Waals surface area contributed by atoms with Crippen LogP contribution < -0.4 is 10.1 Å². The first-order valence-corrected chi connectivity index (χ1v) is 8.20. The van der Waals surface area contributed by atoms with E-state index in [4.69, 9.17) is 4.74 Å². The van der Waals surface area contributed by atoms with Gasteiger partial charge in [-0.05, 0) is 43.7 Å². The van der Waals surface area contributed by atoms with Crippen LogP contribution >= 0.6 is 0 Å². The molecule has 0 aliphatic carbocycles. The summed E-state index contributed by atoms with van der Waals surface area (Å²) in [5, 5.41) is 2.90. The second-order valence-corrected chi connectivity index (χ2v) is 5.93. The number of nitrogens with one attached hydrogen (secondary N) is 1. The second kappa shape index (κ2) is 7.66. The van der Waals surface area contributed by atoms with Gasteiger partial charge in [-0.3, -0.25) is 4.79 Å². The van der Waals surface area contributed by atoms with Gasteiger partial charge in [0.05, 0.1) is 6.33 Å². The average Bonchev–Trinajstić information content (AvgIpc) is 3.16. The molecule has 25 heavy (non-hydrogen) atoms. The van der Waals surface area contributed by atoms with Gasteiger partial charge in [-0.15, -0.1) is 0 Å². The lowest BCUT2D eigenvalue weighted by atomic mass is 10.2. The molecular formula is C20H21N3O2. The maximum Gasteiger partial charge on any atom is 0.261 e. The zero-order valence-corrected chi connectivity index (χ0v) is 14.3. The number of imidazole rings is 1. The minimum absolute atomic E-state index is 0.140. The number of hydrogen-bond acceptors (Lipinski definition) is 3. The minimum Gasteiger partial charge on any atom is -0.481 e. The zero-order chi connectivity index (χ0) is 17.6. The predicted octanol–water partition coefficient (Wildman–Crippen LogP) is 3.26. The van der Waals surface area contributed by atoms with E-state index in [9.17, 15) is 4.79 Å². The molecule has 5 nitrogen and oxygen atoms in total. The molecule has 0 spiro atoms. The highest BCUT2D eigenvalue weighted by Crippen LogP contribution is 2.13. The molecule has 1 heterocycles. The van der Waals surface area contributed by atoms with E-state index < -0.39 is 6.10 Å². The molecule has 1 unspecified atom stereocenters. The van der Waals surface area contributed by atoms with E-state index in [1.807, 2.05) is 66.2 Å². The summed E-state index contributed by atoms with van der Waals surface area (Å²) in [6.07, 6.45) is 4.83. The molecule has 3 rings (SSSR count). The molecule has 0 fully saturated rings. The number of hydrogen-bond donors (Lipinski definition) is 1. The van der Waals surface area contributed by atoms with E-state index in [-0.39, 0.29) is 5.91 Å². The number of rotatable bonds is 6. The predicted molar refractivity (Wildman–Crippen MR) is 96.7 cm³/mol. The molecule has 2 aromatic carbocycles. The minimum atomic E-state index is -0.548. The third kappa shape index (κ3) is 4.47. The lowest BCUT2D eigenvalue weighted by Crippen LogP contribution is -2.35. The van der Waals surface area contributed by atoms with Crippen LogP contribution in [0, 0.1) is 6.92 Å². The Bertz CT molecular complexity index is 809. The van der Waals surface area contributed by atoms with Gasteiger partial charge in [0.15, 0.2) is 6.10 Å². The van der Waals surface area contributed by atoms with Crippen LogP contribution in [-0.4, -0.2) is 21.6 Å². The van der Waals surface area contributed by atoms with Gasteiger partial charge in [-0.2, -0.15) is 0 Å². The van der Waals surface area contributed by atoms with E-state index in [1.165, 1.54) is 0 Å². The van der Waals surface area contributed by atoms with Crippen LogP contribution in [0.4, 0.5) is 0 Å². The summed E-state index contributed by atoms with van der Waals surface area (Å²) in [7, 11) is 0. The van der Waals surface area contributed by atoms with Crippen molar-refractivity contribution < 1.29 is 9.53 Å². The number of carbonyl (C=O) groups is 1. The van der Waals surface area contributed by atoms with E-state index >= 15 is 0 Å². The first-order valence-electron chi connectivity index (χ1n) is 8.20. The molecule has 0 saturated heterocycles. The number of carbonyl (C=O) groups excluding carboxylic acids is 1. The van der Waals surface area contributed by atoms with Crippen molar-refractivity contribution in [2.45, 2.75) is 26.5 Å². The van der Waals surface area contributed by atoms with Gasteiger partial charge in [0.25, 0.3) is 5.91 Å². The number of aryl methyl sites for hydroxylation is 1. The number of benzene rings is 2. The van der Waals surface area contributed by atoms with Crippen molar-refractivity contribution in [2.75, 3.05) is 0 Å². The number of aromatic nitrogens is 2. The molecule has 1 amide bonds. The maximum atomic E-state index is 12.2. The zero-order valence-electron chi connectivity index (χ0n) is 14.3. The molecule has 0 aliphatic rings. The van der Waals surface area contributed by atoms with E-state index in [1.54, 1.807) is 19.4 Å². The molecular weight excluding hydrogens is 314 g/mol. The van der Waals surface area contributed by atoms with Crippen LogP contribution in [-0.2, 0) is 11.3 Å². The van der Waals surface area contributed by atoms with Crippen molar-refractivity contribution in [3.63, 3.8) is 0 Å². The molecule has 0 aliphatic heterocycles. The highest BCUT2D eigenvalue weighted by atomic mass is 16.5. The van der Waals surface area contributed by atoms with Crippen LogP contribution in [0.2, 0.25) is 0 Å². The van der Waals surface area contributed by atoms with Crippen molar-refractivity contribution in [1.29, 1.82) is 0 Å². The molecule has 1 atom stereocenters. The van der Waals surface area contributed by atoms with Crippen molar-refractivity contribution >= 4 is 5.91 Å². The van der Waals surface area contributed by atoms with Crippen molar-refractivity contribution in [1.82, 2.24) is 14.9 Å². The smallest absolute Gasteiger partial charge is 0.261 e. The molecule has 0 radical (unpaired) electrons. The van der Waals surface area contributed by atoms with Gasteiger partial charge in [0.2, 0.25) is 0 Å². The molecule has 3 aromatic rings. The average molecular weight is 335 g/mol. The van der Waals surface area contributed by atoms with Crippen LogP contribution in [0.5, 0.6) is 5.75 Å². The fourth-order valence-corrected chi connectivity index (χ4v) is 2.41. The summed E-state index contributed by atoms with van der Waals surface area (Å²) < 4.78 is 7.60. The van der Waals surface area contributed by atoms with Gasteiger partial charge in [-0.25, -0.2) is 4.98 Å². The van der Waals surface area contributed by atoms with Gasteiger partial charge >= 0.3 is 0 Å². The fourth-order valence-electron chi connectivity index (χ4n) is 2.41. The van der Waals surface area contributed by atoms with E-state index in [0.29, 0.717) is 12.3 Å². The SMILES string of the molecule is Cc1ccc(OC(C)C(=O)NCc2ccc(-n3ccnc3)cc2)cc1. The van der Waals surface area contributed by atoms with Crippen LogP contribution in [0.25, 0.3) is 5.69 Å². The van der Waals surface area contributed by atoms with Crippen molar-refractivity contribution in [3.8, 4) is 11.4 Å². The first-order chi connectivity index (χ1) is 12.1. The van der Waals surface area contributed by atoms with E-state index in [2.05, 4.69) is 10.3 Å². The highest BCUT2D eigenvalue weighted by molar-refractivity contribution is 5.80. The monoisotopic (exact) mass is 335 g/mol. The lowest BCUT2D eigenvalue weighted by Gasteiger charge is -2.15. The quantitative estimate of drug-likeness (QED) is 0.752. The number of nitrogens with zero attached hydrogens (tertiary/aromatic N) is 2. The Morgan fingerprint density at radius 3 is 2.52 bits per heavy atom. The van der Waals surface area contributed by atoms with Gasteiger partial charge in [0, 0.05) is 24.6 Å². The Morgan fingerprint density at radius 1 is 1.16 bits per heavy atom. The maximum absolute atomic E-state index is 12.2. The first kappa shape index (κ1) is 16.8. The van der Waals surface area contributed by atoms with Gasteiger partial charge in [-0.1, -0.05) is 29.8 Å². The second-order valence-electron chi connectivity index (χ2n) is 5.93. The summed E-state index contributed by atoms with van der Waals surface area (Å²) >= 11 is 0. The summed E-state index contributed by atoms with van der Waals surface area (Å²) in [5.41, 5.74) is 3.21. The topological polar surface area (TPSA) is 56.1 Å².